The zero-order valence-electron chi connectivity index (χ0n) is 20.7. The fourth-order valence-corrected chi connectivity index (χ4v) is 5.20. The molecule has 0 spiro atoms. The zero-order chi connectivity index (χ0) is 25.4. The molecule has 8 heteroatoms. The molecule has 0 aliphatic carbocycles. The molecule has 0 saturated carbocycles. The number of aryl methyl sites for hydroxylation is 4. The van der Waals surface area contributed by atoms with Crippen LogP contribution < -0.4 is 10.9 Å². The van der Waals surface area contributed by atoms with Gasteiger partial charge in [-0.1, -0.05) is 61.2 Å². The minimum atomic E-state index is -0.153. The van der Waals surface area contributed by atoms with Gasteiger partial charge in [-0.2, -0.15) is 0 Å². The highest BCUT2D eigenvalue weighted by atomic mass is 32.2. The highest BCUT2D eigenvalue weighted by Gasteiger charge is 2.20. The van der Waals surface area contributed by atoms with Gasteiger partial charge in [0.05, 0.1) is 22.3 Å². The summed E-state index contributed by atoms with van der Waals surface area (Å²) >= 11 is 1.30. The fourth-order valence-electron chi connectivity index (χ4n) is 4.46. The molecule has 5 aromatic rings. The van der Waals surface area contributed by atoms with Gasteiger partial charge in [0.1, 0.15) is 0 Å². The zero-order valence-corrected chi connectivity index (χ0v) is 21.5. The van der Waals surface area contributed by atoms with Crippen molar-refractivity contribution < 1.29 is 4.79 Å². The Labute approximate surface area is 213 Å². The molecule has 3 aromatic carbocycles. The van der Waals surface area contributed by atoms with Gasteiger partial charge in [-0.05, 0) is 67.6 Å². The number of aromatic nitrogens is 4. The Morgan fingerprint density at radius 1 is 0.972 bits per heavy atom. The number of hydrogen-bond acceptors (Lipinski definition) is 5. The van der Waals surface area contributed by atoms with Crippen LogP contribution in [0.4, 0.5) is 5.69 Å². The van der Waals surface area contributed by atoms with E-state index in [1.807, 2.05) is 85.8 Å². The van der Waals surface area contributed by atoms with E-state index in [1.54, 1.807) is 4.57 Å². The van der Waals surface area contributed by atoms with Gasteiger partial charge >= 0.3 is 0 Å². The van der Waals surface area contributed by atoms with Crippen molar-refractivity contribution in [2.24, 2.45) is 0 Å². The molecule has 0 unspecified atom stereocenters. The van der Waals surface area contributed by atoms with E-state index in [1.165, 1.54) is 11.8 Å². The first-order chi connectivity index (χ1) is 17.4. The number of benzene rings is 3. The molecular formula is C28H27N5O2S. The molecule has 182 valence electrons. The number of rotatable bonds is 6. The summed E-state index contributed by atoms with van der Waals surface area (Å²) < 4.78 is 3.48. The molecule has 2 heterocycles. The lowest BCUT2D eigenvalue weighted by atomic mass is 10.1. The minimum absolute atomic E-state index is 0.118. The molecule has 7 nitrogen and oxygen atoms in total. The highest BCUT2D eigenvalue weighted by Crippen LogP contribution is 2.26. The van der Waals surface area contributed by atoms with E-state index in [0.29, 0.717) is 21.8 Å². The monoisotopic (exact) mass is 497 g/mol. The SMILES string of the molecule is CCc1cccc(C)c1NC(=O)CSc1nnc2n(-c3cc(C)ccc3C)c(=O)c3ccccc3n12. The number of thioether (sulfide) groups is 1. The Morgan fingerprint density at radius 3 is 2.58 bits per heavy atom. The number of carbonyl (C=O) groups excluding carboxylic acids is 1. The average molecular weight is 498 g/mol. The number of para-hydroxylation sites is 2. The van der Waals surface area contributed by atoms with Gasteiger partial charge in [0, 0.05) is 5.69 Å². The predicted molar refractivity (Wildman–Crippen MR) is 145 cm³/mol. The summed E-state index contributed by atoms with van der Waals surface area (Å²) in [6.07, 6.45) is 0.834. The second-order valence-corrected chi connectivity index (χ2v) is 9.81. The van der Waals surface area contributed by atoms with E-state index in [4.69, 9.17) is 0 Å². The molecule has 1 N–H and O–H groups in total. The van der Waals surface area contributed by atoms with Crippen LogP contribution in [0.5, 0.6) is 0 Å². The Balaban J connectivity index is 1.56. The first-order valence-corrected chi connectivity index (χ1v) is 12.8. The van der Waals surface area contributed by atoms with Gasteiger partial charge in [-0.25, -0.2) is 4.57 Å². The van der Waals surface area contributed by atoms with Crippen LogP contribution in [0.1, 0.15) is 29.2 Å². The first-order valence-electron chi connectivity index (χ1n) is 11.9. The van der Waals surface area contributed by atoms with Gasteiger partial charge in [-0.15, -0.1) is 10.2 Å². The van der Waals surface area contributed by atoms with Crippen LogP contribution in [0.2, 0.25) is 0 Å². The van der Waals surface area contributed by atoms with E-state index in [9.17, 15) is 9.59 Å². The molecule has 36 heavy (non-hydrogen) atoms. The maximum absolute atomic E-state index is 13.6. The van der Waals surface area contributed by atoms with Crippen molar-refractivity contribution in [1.82, 2.24) is 19.2 Å². The van der Waals surface area contributed by atoms with Crippen molar-refractivity contribution >= 4 is 40.0 Å². The summed E-state index contributed by atoms with van der Waals surface area (Å²) in [4.78, 5) is 26.5. The van der Waals surface area contributed by atoms with E-state index in [-0.39, 0.29) is 17.2 Å². The van der Waals surface area contributed by atoms with Crippen LogP contribution >= 0.6 is 11.8 Å². The molecule has 5 rings (SSSR count). The maximum Gasteiger partial charge on any atom is 0.267 e. The molecular weight excluding hydrogens is 470 g/mol. The second kappa shape index (κ2) is 9.62. The van der Waals surface area contributed by atoms with Crippen molar-refractivity contribution in [2.45, 2.75) is 39.3 Å². The second-order valence-electron chi connectivity index (χ2n) is 8.87. The van der Waals surface area contributed by atoms with Crippen LogP contribution in [-0.4, -0.2) is 30.8 Å². The largest absolute Gasteiger partial charge is 0.325 e. The van der Waals surface area contributed by atoms with Crippen molar-refractivity contribution in [3.8, 4) is 5.69 Å². The molecule has 1 amide bonds. The smallest absolute Gasteiger partial charge is 0.267 e. The number of anilines is 1. The molecule has 0 radical (unpaired) electrons. The summed E-state index contributed by atoms with van der Waals surface area (Å²) in [7, 11) is 0. The number of carbonyl (C=O) groups is 1. The number of hydrogen-bond donors (Lipinski definition) is 1. The third kappa shape index (κ3) is 4.18. The minimum Gasteiger partial charge on any atom is -0.325 e. The molecule has 0 fully saturated rings. The Hall–Kier alpha value is -3.91. The lowest BCUT2D eigenvalue weighted by molar-refractivity contribution is -0.113. The third-order valence-corrected chi connectivity index (χ3v) is 7.27. The number of fused-ring (bicyclic) bond motifs is 3. The Kier molecular flexibility index (Phi) is 6.36. The van der Waals surface area contributed by atoms with Crippen LogP contribution in [0.3, 0.4) is 0 Å². The van der Waals surface area contributed by atoms with Crippen molar-refractivity contribution in [1.29, 1.82) is 0 Å². The predicted octanol–water partition coefficient (Wildman–Crippen LogP) is 5.25. The summed E-state index contributed by atoms with van der Waals surface area (Å²) in [6.45, 7) is 8.03. The first kappa shape index (κ1) is 23.8. The fraction of sp³-hybridized carbons (Fsp3) is 0.214. The lowest BCUT2D eigenvalue weighted by Gasteiger charge is -2.14. The standard InChI is InChI=1S/C28H27N5O2S/c1-5-20-10-8-9-19(4)25(20)29-24(34)16-36-28-31-30-27-32(23-15-17(2)13-14-18(23)3)26(35)21-11-6-7-12-22(21)33(27)28/h6-15H,5,16H2,1-4H3,(H,29,34). The van der Waals surface area contributed by atoms with Gasteiger partial charge in [0.25, 0.3) is 5.56 Å². The van der Waals surface area contributed by atoms with E-state index < -0.39 is 0 Å². The maximum atomic E-state index is 13.6. The van der Waals surface area contributed by atoms with E-state index in [0.717, 1.165) is 40.0 Å². The van der Waals surface area contributed by atoms with E-state index in [2.05, 4.69) is 22.4 Å². The summed E-state index contributed by atoms with van der Waals surface area (Å²) in [5.74, 6) is 0.463. The Morgan fingerprint density at radius 2 is 1.78 bits per heavy atom. The van der Waals surface area contributed by atoms with Crippen molar-refractivity contribution in [2.75, 3.05) is 11.1 Å². The number of nitrogens with one attached hydrogen (secondary N) is 1. The summed E-state index contributed by atoms with van der Waals surface area (Å²) in [5, 5.41) is 13.0. The molecule has 2 aromatic heterocycles. The molecule has 0 saturated heterocycles. The number of nitrogens with zero attached hydrogens (tertiary/aromatic N) is 4. The van der Waals surface area contributed by atoms with Crippen LogP contribution in [-0.2, 0) is 11.2 Å². The van der Waals surface area contributed by atoms with Gasteiger partial charge < -0.3 is 5.32 Å². The summed E-state index contributed by atoms with van der Waals surface area (Å²) in [5.41, 5.74) is 6.33. The van der Waals surface area contributed by atoms with E-state index >= 15 is 0 Å². The average Bonchev–Trinajstić information content (AvgIpc) is 3.30. The number of amides is 1. The molecule has 0 aliphatic rings. The quantitative estimate of drug-likeness (QED) is 0.324. The van der Waals surface area contributed by atoms with Gasteiger partial charge in [-0.3, -0.25) is 14.0 Å². The normalized spacial score (nSPS) is 11.3. The third-order valence-electron chi connectivity index (χ3n) is 6.34. The molecule has 0 atom stereocenters. The summed E-state index contributed by atoms with van der Waals surface area (Å²) in [6, 6.07) is 19.4. The van der Waals surface area contributed by atoms with Crippen molar-refractivity contribution in [3.63, 3.8) is 0 Å². The van der Waals surface area contributed by atoms with Crippen LogP contribution in [0.25, 0.3) is 22.4 Å². The van der Waals surface area contributed by atoms with Crippen LogP contribution in [0.15, 0.2) is 70.6 Å². The van der Waals surface area contributed by atoms with Gasteiger partial charge in [0.2, 0.25) is 11.7 Å². The topological polar surface area (TPSA) is 81.3 Å². The highest BCUT2D eigenvalue weighted by molar-refractivity contribution is 7.99. The molecule has 0 aliphatic heterocycles. The lowest BCUT2D eigenvalue weighted by Crippen LogP contribution is -2.22. The molecule has 0 bridgehead atoms. The van der Waals surface area contributed by atoms with Crippen molar-refractivity contribution in [3.05, 3.63) is 93.3 Å². The van der Waals surface area contributed by atoms with Gasteiger partial charge in [0.15, 0.2) is 5.16 Å². The van der Waals surface area contributed by atoms with Crippen LogP contribution in [0, 0.1) is 20.8 Å². The Bertz CT molecular complexity index is 1690.